The van der Waals surface area contributed by atoms with Gasteiger partial charge >= 0.3 is 0 Å². The molecule has 6 heteroatoms. The van der Waals surface area contributed by atoms with Gasteiger partial charge in [0.1, 0.15) is 23.1 Å². The third-order valence-electron chi connectivity index (χ3n) is 2.21. The summed E-state index contributed by atoms with van der Waals surface area (Å²) in [5.74, 6) is 1.77. The molecule has 84 valence electrons. The quantitative estimate of drug-likeness (QED) is 0.820. The lowest BCUT2D eigenvalue weighted by Crippen LogP contribution is -2.09. The second kappa shape index (κ2) is 4.94. The first-order chi connectivity index (χ1) is 7.75. The number of nitrogens with zero attached hydrogens (tertiary/aromatic N) is 4. The second-order valence-corrected chi connectivity index (χ2v) is 3.74. The fourth-order valence-corrected chi connectivity index (χ4v) is 1.52. The van der Waals surface area contributed by atoms with E-state index in [9.17, 15) is 0 Å². The molecule has 2 heterocycles. The SMILES string of the molecule is Cn1ccnc1CCNc1cc(Cl)ncn1. The molecule has 0 saturated carbocycles. The number of nitrogens with one attached hydrogen (secondary N) is 1. The molecule has 0 atom stereocenters. The first-order valence-electron chi connectivity index (χ1n) is 4.93. The summed E-state index contributed by atoms with van der Waals surface area (Å²) in [6.45, 7) is 0.762. The number of anilines is 1. The molecule has 16 heavy (non-hydrogen) atoms. The molecule has 0 bridgehead atoms. The lowest BCUT2D eigenvalue weighted by atomic mass is 10.4. The molecule has 2 rings (SSSR count). The van der Waals surface area contributed by atoms with E-state index in [1.165, 1.54) is 6.33 Å². The zero-order chi connectivity index (χ0) is 11.4. The van der Waals surface area contributed by atoms with Crippen LogP contribution in [-0.4, -0.2) is 26.1 Å². The van der Waals surface area contributed by atoms with E-state index in [1.54, 1.807) is 12.3 Å². The van der Waals surface area contributed by atoms with E-state index in [0.717, 1.165) is 24.6 Å². The van der Waals surface area contributed by atoms with E-state index in [4.69, 9.17) is 11.6 Å². The highest BCUT2D eigenvalue weighted by molar-refractivity contribution is 6.29. The molecule has 0 saturated heterocycles. The minimum Gasteiger partial charge on any atom is -0.369 e. The third kappa shape index (κ3) is 2.70. The Labute approximate surface area is 98.5 Å². The maximum absolute atomic E-state index is 5.74. The Morgan fingerprint density at radius 3 is 2.94 bits per heavy atom. The van der Waals surface area contributed by atoms with Crippen LogP contribution in [0.2, 0.25) is 5.15 Å². The predicted octanol–water partition coefficient (Wildman–Crippen LogP) is 1.52. The van der Waals surface area contributed by atoms with Gasteiger partial charge in [0, 0.05) is 38.5 Å². The Hall–Kier alpha value is -1.62. The van der Waals surface area contributed by atoms with Crippen molar-refractivity contribution in [1.82, 2.24) is 19.5 Å². The number of imidazole rings is 1. The molecule has 0 spiro atoms. The standard InChI is InChI=1S/C10H12ClN5/c1-16-5-4-13-10(16)2-3-12-9-6-8(11)14-7-15-9/h4-7H,2-3H2,1H3,(H,12,14,15). The van der Waals surface area contributed by atoms with Crippen molar-refractivity contribution in [3.05, 3.63) is 35.8 Å². The van der Waals surface area contributed by atoms with Crippen molar-refractivity contribution >= 4 is 17.4 Å². The van der Waals surface area contributed by atoms with Gasteiger partial charge in [0.25, 0.3) is 0 Å². The first kappa shape index (κ1) is 10.9. The molecule has 0 aromatic carbocycles. The van der Waals surface area contributed by atoms with Crippen molar-refractivity contribution in [3.63, 3.8) is 0 Å². The Kier molecular flexibility index (Phi) is 3.36. The number of rotatable bonds is 4. The van der Waals surface area contributed by atoms with Gasteiger partial charge in [-0.05, 0) is 0 Å². The summed E-state index contributed by atoms with van der Waals surface area (Å²) < 4.78 is 1.99. The summed E-state index contributed by atoms with van der Waals surface area (Å²) in [4.78, 5) is 12.1. The van der Waals surface area contributed by atoms with E-state index in [-0.39, 0.29) is 0 Å². The number of halogens is 1. The largest absolute Gasteiger partial charge is 0.369 e. The maximum Gasteiger partial charge on any atom is 0.134 e. The van der Waals surface area contributed by atoms with Crippen molar-refractivity contribution in [1.29, 1.82) is 0 Å². The fourth-order valence-electron chi connectivity index (χ4n) is 1.37. The molecule has 0 aliphatic rings. The Morgan fingerprint density at radius 2 is 2.25 bits per heavy atom. The van der Waals surface area contributed by atoms with Gasteiger partial charge in [-0.15, -0.1) is 0 Å². The highest BCUT2D eigenvalue weighted by Gasteiger charge is 1.99. The van der Waals surface area contributed by atoms with Crippen LogP contribution in [0, 0.1) is 0 Å². The fraction of sp³-hybridized carbons (Fsp3) is 0.300. The Balaban J connectivity index is 1.87. The highest BCUT2D eigenvalue weighted by Crippen LogP contribution is 2.08. The topological polar surface area (TPSA) is 55.6 Å². The van der Waals surface area contributed by atoms with Gasteiger partial charge in [-0.25, -0.2) is 15.0 Å². The van der Waals surface area contributed by atoms with E-state index in [1.807, 2.05) is 17.8 Å². The average molecular weight is 238 g/mol. The summed E-state index contributed by atoms with van der Waals surface area (Å²) in [5.41, 5.74) is 0. The van der Waals surface area contributed by atoms with Crippen LogP contribution in [-0.2, 0) is 13.5 Å². The first-order valence-corrected chi connectivity index (χ1v) is 5.31. The molecule has 0 aliphatic carbocycles. The molecule has 0 aliphatic heterocycles. The maximum atomic E-state index is 5.74. The summed E-state index contributed by atoms with van der Waals surface area (Å²) >= 11 is 5.74. The summed E-state index contributed by atoms with van der Waals surface area (Å²) in [7, 11) is 1.98. The number of aromatic nitrogens is 4. The Morgan fingerprint density at radius 1 is 1.38 bits per heavy atom. The Bertz CT molecular complexity index is 468. The van der Waals surface area contributed by atoms with Crippen molar-refractivity contribution < 1.29 is 0 Å². The molecule has 0 fully saturated rings. The minimum absolute atomic E-state index is 0.439. The zero-order valence-corrected chi connectivity index (χ0v) is 9.65. The van der Waals surface area contributed by atoms with Crippen molar-refractivity contribution in [2.75, 3.05) is 11.9 Å². The van der Waals surface area contributed by atoms with Crippen LogP contribution in [0.5, 0.6) is 0 Å². The molecule has 5 nitrogen and oxygen atoms in total. The molecule has 2 aromatic rings. The van der Waals surface area contributed by atoms with Crippen LogP contribution in [0.15, 0.2) is 24.8 Å². The number of hydrogen-bond donors (Lipinski definition) is 1. The van der Waals surface area contributed by atoms with E-state index in [2.05, 4.69) is 20.3 Å². The highest BCUT2D eigenvalue weighted by atomic mass is 35.5. The molecular formula is C10H12ClN5. The van der Waals surface area contributed by atoms with E-state index < -0.39 is 0 Å². The summed E-state index contributed by atoms with van der Waals surface area (Å²) in [5, 5.41) is 3.60. The van der Waals surface area contributed by atoms with Crippen LogP contribution >= 0.6 is 11.6 Å². The number of aryl methyl sites for hydroxylation is 1. The minimum atomic E-state index is 0.439. The number of hydrogen-bond acceptors (Lipinski definition) is 4. The van der Waals surface area contributed by atoms with E-state index >= 15 is 0 Å². The average Bonchev–Trinajstić information content (AvgIpc) is 2.65. The van der Waals surface area contributed by atoms with Crippen LogP contribution < -0.4 is 5.32 Å². The smallest absolute Gasteiger partial charge is 0.134 e. The summed E-state index contributed by atoms with van der Waals surface area (Å²) in [6.07, 6.45) is 5.99. The van der Waals surface area contributed by atoms with Crippen molar-refractivity contribution in [3.8, 4) is 0 Å². The molecular weight excluding hydrogens is 226 g/mol. The lowest BCUT2D eigenvalue weighted by molar-refractivity contribution is 0.788. The van der Waals surface area contributed by atoms with E-state index in [0.29, 0.717) is 5.15 Å². The van der Waals surface area contributed by atoms with Crippen LogP contribution in [0.3, 0.4) is 0 Å². The normalized spacial score (nSPS) is 10.4. The van der Waals surface area contributed by atoms with Gasteiger partial charge in [0.05, 0.1) is 0 Å². The summed E-state index contributed by atoms with van der Waals surface area (Å²) in [6, 6.07) is 1.69. The molecule has 0 amide bonds. The van der Waals surface area contributed by atoms with Gasteiger partial charge < -0.3 is 9.88 Å². The van der Waals surface area contributed by atoms with Crippen molar-refractivity contribution in [2.24, 2.45) is 7.05 Å². The van der Waals surface area contributed by atoms with Gasteiger partial charge in [-0.2, -0.15) is 0 Å². The third-order valence-corrected chi connectivity index (χ3v) is 2.42. The second-order valence-electron chi connectivity index (χ2n) is 3.36. The molecule has 2 aromatic heterocycles. The van der Waals surface area contributed by atoms with Gasteiger partial charge in [-0.1, -0.05) is 11.6 Å². The van der Waals surface area contributed by atoms with Crippen LogP contribution in [0.25, 0.3) is 0 Å². The zero-order valence-electron chi connectivity index (χ0n) is 8.89. The molecule has 1 N–H and O–H groups in total. The van der Waals surface area contributed by atoms with Crippen LogP contribution in [0.4, 0.5) is 5.82 Å². The van der Waals surface area contributed by atoms with Gasteiger partial charge in [-0.3, -0.25) is 0 Å². The molecule has 0 unspecified atom stereocenters. The monoisotopic (exact) mass is 237 g/mol. The lowest BCUT2D eigenvalue weighted by Gasteiger charge is -2.05. The van der Waals surface area contributed by atoms with Crippen molar-refractivity contribution in [2.45, 2.75) is 6.42 Å². The van der Waals surface area contributed by atoms with Crippen LogP contribution in [0.1, 0.15) is 5.82 Å². The van der Waals surface area contributed by atoms with Gasteiger partial charge in [0.2, 0.25) is 0 Å². The predicted molar refractivity (Wildman–Crippen MR) is 62.4 cm³/mol. The van der Waals surface area contributed by atoms with Gasteiger partial charge in [0.15, 0.2) is 0 Å². The molecule has 0 radical (unpaired) electrons.